The lowest BCUT2D eigenvalue weighted by molar-refractivity contribution is -0.137. The number of imidazole rings is 1. The predicted molar refractivity (Wildman–Crippen MR) is 143 cm³/mol. The third-order valence-electron chi connectivity index (χ3n) is 7.02. The second-order valence-electron chi connectivity index (χ2n) is 10.2. The average molecular weight is 570 g/mol. The number of likely N-dealkylation sites (tertiary alicyclic amines) is 1. The maximum atomic E-state index is 15.5. The number of rotatable bonds is 5. The zero-order valence-corrected chi connectivity index (χ0v) is 22.2. The Morgan fingerprint density at radius 1 is 1.12 bits per heavy atom. The fraction of sp³-hybridized carbons (Fsp3) is 0.321. The number of piperidine rings is 1. The van der Waals surface area contributed by atoms with Crippen LogP contribution >= 0.6 is 0 Å². The number of fused-ring (bicyclic) bond motifs is 1. The van der Waals surface area contributed by atoms with E-state index in [9.17, 15) is 22.8 Å². The lowest BCUT2D eigenvalue weighted by atomic mass is 9.96. The third kappa shape index (κ3) is 5.56. The summed E-state index contributed by atoms with van der Waals surface area (Å²) in [5.41, 5.74) is 5.77. The van der Waals surface area contributed by atoms with Crippen LogP contribution in [-0.4, -0.2) is 49.2 Å². The standard InChI is InChI=1S/C28H27F4N7O2/c1-15(2)27(41)38-10-3-4-17(14-38)25-37-22(23-24(33)35-9-11-39(23)25)19-6-5-16(12-20(19)29)26(40)36-21-13-18(7-8-34-21)28(30,31)32/h5-9,11-13,15,17H,3-4,10,14H2,1-2H3,(H2,33,35)(H,34,36,40)/t17-/m1/s1. The molecule has 2 amide bonds. The second kappa shape index (κ2) is 10.8. The van der Waals surface area contributed by atoms with Gasteiger partial charge in [0.05, 0.1) is 5.56 Å². The topological polar surface area (TPSA) is 119 Å². The minimum Gasteiger partial charge on any atom is -0.382 e. The SMILES string of the molecule is CC(C)C(=O)N1CCC[C@@H](c2nc(-c3ccc(C(=O)Nc4cc(C(F)(F)F)ccn4)cc3F)c3c(N)nccn23)C1. The van der Waals surface area contributed by atoms with Crippen molar-refractivity contribution in [1.82, 2.24) is 24.3 Å². The van der Waals surface area contributed by atoms with Gasteiger partial charge in [-0.25, -0.2) is 19.3 Å². The van der Waals surface area contributed by atoms with Crippen molar-refractivity contribution in [1.29, 1.82) is 0 Å². The van der Waals surface area contributed by atoms with E-state index in [1.165, 1.54) is 18.3 Å². The van der Waals surface area contributed by atoms with E-state index < -0.39 is 23.5 Å². The number of alkyl halides is 3. The van der Waals surface area contributed by atoms with E-state index in [4.69, 9.17) is 10.7 Å². The van der Waals surface area contributed by atoms with Gasteiger partial charge in [0.1, 0.15) is 34.5 Å². The molecule has 0 radical (unpaired) electrons. The monoisotopic (exact) mass is 569 g/mol. The first-order valence-corrected chi connectivity index (χ1v) is 13.0. The number of amides is 2. The first-order valence-electron chi connectivity index (χ1n) is 13.0. The molecule has 4 aromatic rings. The van der Waals surface area contributed by atoms with Gasteiger partial charge in [-0.05, 0) is 43.2 Å². The zero-order valence-electron chi connectivity index (χ0n) is 22.2. The molecule has 1 atom stereocenters. The number of nitrogens with zero attached hydrogens (tertiary/aromatic N) is 5. The van der Waals surface area contributed by atoms with E-state index in [0.29, 0.717) is 30.5 Å². The first kappa shape index (κ1) is 28.0. The summed E-state index contributed by atoms with van der Waals surface area (Å²) >= 11 is 0. The summed E-state index contributed by atoms with van der Waals surface area (Å²) in [6, 6.07) is 5.14. The molecule has 3 N–H and O–H groups in total. The van der Waals surface area contributed by atoms with Gasteiger partial charge in [-0.2, -0.15) is 13.2 Å². The van der Waals surface area contributed by atoms with Crippen LogP contribution < -0.4 is 11.1 Å². The minimum atomic E-state index is -4.61. The molecule has 0 unspecified atom stereocenters. The number of hydrogen-bond acceptors (Lipinski definition) is 6. The highest BCUT2D eigenvalue weighted by Crippen LogP contribution is 2.35. The summed E-state index contributed by atoms with van der Waals surface area (Å²) in [6.45, 7) is 4.82. The molecule has 0 saturated carbocycles. The minimum absolute atomic E-state index is 0.0530. The van der Waals surface area contributed by atoms with Gasteiger partial charge >= 0.3 is 6.18 Å². The number of anilines is 2. The number of nitrogens with two attached hydrogens (primary N) is 1. The number of hydrogen-bond donors (Lipinski definition) is 2. The molecule has 4 heterocycles. The summed E-state index contributed by atoms with van der Waals surface area (Å²) < 4.78 is 56.3. The molecule has 1 saturated heterocycles. The molecule has 1 fully saturated rings. The van der Waals surface area contributed by atoms with Crippen LogP contribution in [0.4, 0.5) is 29.2 Å². The smallest absolute Gasteiger partial charge is 0.382 e. The number of nitrogens with one attached hydrogen (secondary N) is 1. The van der Waals surface area contributed by atoms with E-state index in [2.05, 4.69) is 15.3 Å². The van der Waals surface area contributed by atoms with Crippen molar-refractivity contribution >= 4 is 29.0 Å². The summed E-state index contributed by atoms with van der Waals surface area (Å²) in [6.07, 6.45) is 1.07. The Labute approximate surface area is 232 Å². The van der Waals surface area contributed by atoms with Gasteiger partial charge in [-0.3, -0.25) is 14.0 Å². The largest absolute Gasteiger partial charge is 0.416 e. The molecule has 1 aromatic carbocycles. The normalized spacial score (nSPS) is 15.9. The number of carbonyl (C=O) groups excluding carboxylic acids is 2. The zero-order chi connectivity index (χ0) is 29.5. The van der Waals surface area contributed by atoms with Crippen molar-refractivity contribution in [3.8, 4) is 11.3 Å². The quantitative estimate of drug-likeness (QED) is 0.321. The summed E-state index contributed by atoms with van der Waals surface area (Å²) in [5.74, 6) is -1.42. The molecule has 0 bridgehead atoms. The van der Waals surface area contributed by atoms with Crippen LogP contribution in [0.25, 0.3) is 16.8 Å². The third-order valence-corrected chi connectivity index (χ3v) is 7.02. The van der Waals surface area contributed by atoms with Crippen LogP contribution in [0.5, 0.6) is 0 Å². The molecule has 0 aliphatic carbocycles. The van der Waals surface area contributed by atoms with Crippen molar-refractivity contribution < 1.29 is 27.2 Å². The molecule has 13 heteroatoms. The molecule has 0 spiro atoms. The molecule has 3 aromatic heterocycles. The van der Waals surface area contributed by atoms with Crippen molar-refractivity contribution in [2.75, 3.05) is 24.1 Å². The number of nitrogen functional groups attached to an aromatic ring is 1. The van der Waals surface area contributed by atoms with E-state index in [1.54, 1.807) is 10.6 Å². The van der Waals surface area contributed by atoms with E-state index >= 15 is 4.39 Å². The second-order valence-corrected chi connectivity index (χ2v) is 10.2. The summed E-state index contributed by atoms with van der Waals surface area (Å²) in [4.78, 5) is 39.8. The van der Waals surface area contributed by atoms with Gasteiger partial charge in [-0.1, -0.05) is 13.8 Å². The predicted octanol–water partition coefficient (Wildman–Crippen LogP) is 5.15. The summed E-state index contributed by atoms with van der Waals surface area (Å²) in [7, 11) is 0. The molecule has 1 aliphatic rings. The van der Waals surface area contributed by atoms with Crippen LogP contribution in [0.2, 0.25) is 0 Å². The maximum Gasteiger partial charge on any atom is 0.416 e. The average Bonchev–Trinajstić information content (AvgIpc) is 3.33. The highest BCUT2D eigenvalue weighted by Gasteiger charge is 2.32. The Kier molecular flexibility index (Phi) is 7.37. The summed E-state index contributed by atoms with van der Waals surface area (Å²) in [5, 5.41) is 2.27. The number of carbonyl (C=O) groups is 2. The molecule has 214 valence electrons. The number of benzene rings is 1. The van der Waals surface area contributed by atoms with E-state index in [1.807, 2.05) is 18.7 Å². The molecular weight excluding hydrogens is 542 g/mol. The Bertz CT molecular complexity index is 1630. The van der Waals surface area contributed by atoms with Crippen molar-refractivity contribution in [3.05, 3.63) is 71.7 Å². The van der Waals surface area contributed by atoms with Gasteiger partial charge in [0.2, 0.25) is 5.91 Å². The maximum absolute atomic E-state index is 15.5. The molecule has 9 nitrogen and oxygen atoms in total. The van der Waals surface area contributed by atoms with Gasteiger partial charge in [0, 0.05) is 54.6 Å². The molecule has 1 aliphatic heterocycles. The van der Waals surface area contributed by atoms with Gasteiger partial charge in [0.25, 0.3) is 5.91 Å². The highest BCUT2D eigenvalue weighted by atomic mass is 19.4. The fourth-order valence-electron chi connectivity index (χ4n) is 5.03. The van der Waals surface area contributed by atoms with E-state index in [0.717, 1.165) is 31.2 Å². The molecule has 41 heavy (non-hydrogen) atoms. The fourth-order valence-corrected chi connectivity index (χ4v) is 5.03. The number of halogens is 4. The Balaban J connectivity index is 1.46. The lowest BCUT2D eigenvalue weighted by Gasteiger charge is -2.33. The van der Waals surface area contributed by atoms with Crippen LogP contribution in [0.15, 0.2) is 48.9 Å². The number of aromatic nitrogens is 4. The van der Waals surface area contributed by atoms with Crippen LogP contribution in [0, 0.1) is 11.7 Å². The number of pyridine rings is 1. The highest BCUT2D eigenvalue weighted by molar-refractivity contribution is 6.04. The molecular formula is C28H27F4N7O2. The molecule has 5 rings (SSSR count). The van der Waals surface area contributed by atoms with Crippen LogP contribution in [-0.2, 0) is 11.0 Å². The van der Waals surface area contributed by atoms with Crippen molar-refractivity contribution in [3.63, 3.8) is 0 Å². The van der Waals surface area contributed by atoms with Crippen molar-refractivity contribution in [2.45, 2.75) is 38.8 Å². The van der Waals surface area contributed by atoms with Gasteiger partial charge in [-0.15, -0.1) is 0 Å². The van der Waals surface area contributed by atoms with Crippen LogP contribution in [0.1, 0.15) is 54.4 Å². The Hall–Kier alpha value is -4.55. The Morgan fingerprint density at radius 3 is 2.61 bits per heavy atom. The Morgan fingerprint density at radius 2 is 1.90 bits per heavy atom. The van der Waals surface area contributed by atoms with Gasteiger partial charge < -0.3 is 16.0 Å². The van der Waals surface area contributed by atoms with Crippen LogP contribution in [0.3, 0.4) is 0 Å². The lowest BCUT2D eigenvalue weighted by Crippen LogP contribution is -2.41. The van der Waals surface area contributed by atoms with Gasteiger partial charge in [0.15, 0.2) is 0 Å². The van der Waals surface area contributed by atoms with E-state index in [-0.39, 0.29) is 46.2 Å². The first-order chi connectivity index (χ1) is 19.4. The van der Waals surface area contributed by atoms with Crippen molar-refractivity contribution in [2.24, 2.45) is 5.92 Å².